The van der Waals surface area contributed by atoms with E-state index in [0.29, 0.717) is 38.9 Å². The highest BCUT2D eigenvalue weighted by atomic mass is 16.6. The second-order valence-electron chi connectivity index (χ2n) is 32.6. The number of nitrogens with zero attached hydrogens (tertiary/aromatic N) is 4. The van der Waals surface area contributed by atoms with Crippen molar-refractivity contribution >= 4 is 23.9 Å². The zero-order valence-electron chi connectivity index (χ0n) is 70.8. The molecule has 12 nitrogen and oxygen atoms in total. The summed E-state index contributed by atoms with van der Waals surface area (Å²) >= 11 is 0. The van der Waals surface area contributed by atoms with E-state index in [-0.39, 0.29) is 36.1 Å². The molecule has 0 N–H and O–H groups in total. The summed E-state index contributed by atoms with van der Waals surface area (Å²) in [5, 5.41) is 0. The maximum Gasteiger partial charge on any atom is 0.306 e. The summed E-state index contributed by atoms with van der Waals surface area (Å²) in [5.41, 5.74) is 0. The summed E-state index contributed by atoms with van der Waals surface area (Å²) in [6.45, 7) is 28.0. The van der Waals surface area contributed by atoms with Crippen LogP contribution in [-0.4, -0.2) is 147 Å². The number of rotatable bonds is 84. The SMILES string of the molecule is CCCCCCCCCCCC(=O)OCCCCCN(CCCCCCCC(=O)OC(CCCCCCCC)CCCCCCCC)CCN1CCN(CCN(CCCCCCCC(=O)OC(CCCCCCCC)CCCCCCCC)CCCCCOC(=O)CCCCCCCCCCC)CC1. The van der Waals surface area contributed by atoms with Gasteiger partial charge in [-0.05, 0) is 155 Å². The molecular weight excluding hydrogens is 1290 g/mol. The molecule has 0 bridgehead atoms. The van der Waals surface area contributed by atoms with Crippen LogP contribution >= 0.6 is 0 Å². The molecule has 0 aromatic carbocycles. The Kier molecular flexibility index (Phi) is 77.0. The van der Waals surface area contributed by atoms with Gasteiger partial charge in [-0.25, -0.2) is 0 Å². The largest absolute Gasteiger partial charge is 0.466 e. The molecule has 0 aromatic rings. The van der Waals surface area contributed by atoms with Crippen LogP contribution in [0.5, 0.6) is 0 Å². The van der Waals surface area contributed by atoms with E-state index in [1.54, 1.807) is 0 Å². The number of hydrogen-bond donors (Lipinski definition) is 0. The Morgan fingerprint density at radius 2 is 0.442 bits per heavy atom. The molecule has 104 heavy (non-hydrogen) atoms. The number of carbonyl (C=O) groups excluding carboxylic acids is 4. The van der Waals surface area contributed by atoms with E-state index in [4.69, 9.17) is 18.9 Å². The molecular formula is C92H180N4O8. The first-order valence-corrected chi connectivity index (χ1v) is 46.8. The van der Waals surface area contributed by atoms with Gasteiger partial charge in [0.2, 0.25) is 0 Å². The van der Waals surface area contributed by atoms with E-state index in [9.17, 15) is 19.2 Å². The molecule has 1 heterocycles. The molecule has 0 saturated carbocycles. The van der Waals surface area contributed by atoms with Gasteiger partial charge in [0.25, 0.3) is 0 Å². The van der Waals surface area contributed by atoms with Crippen LogP contribution in [0, 0.1) is 0 Å². The minimum Gasteiger partial charge on any atom is -0.466 e. The molecule has 1 aliphatic heterocycles. The molecule has 0 spiro atoms. The Morgan fingerprint density at radius 1 is 0.240 bits per heavy atom. The van der Waals surface area contributed by atoms with Gasteiger partial charge in [-0.2, -0.15) is 0 Å². The fraction of sp³-hybridized carbons (Fsp3) is 0.957. The van der Waals surface area contributed by atoms with Crippen molar-refractivity contribution in [3.8, 4) is 0 Å². The topological polar surface area (TPSA) is 118 Å². The van der Waals surface area contributed by atoms with Crippen LogP contribution in [0.25, 0.3) is 0 Å². The van der Waals surface area contributed by atoms with Gasteiger partial charge >= 0.3 is 23.9 Å². The van der Waals surface area contributed by atoms with Crippen LogP contribution in [0.4, 0.5) is 0 Å². The van der Waals surface area contributed by atoms with Gasteiger partial charge in [0.05, 0.1) is 13.2 Å². The number of esters is 4. The van der Waals surface area contributed by atoms with E-state index in [1.165, 1.54) is 283 Å². The first-order chi connectivity index (χ1) is 51.2. The van der Waals surface area contributed by atoms with Crippen molar-refractivity contribution < 1.29 is 38.1 Å². The minimum absolute atomic E-state index is 0.0168. The van der Waals surface area contributed by atoms with Crippen LogP contribution < -0.4 is 0 Å². The Labute approximate surface area is 647 Å². The first kappa shape index (κ1) is 99.7. The third kappa shape index (κ3) is 70.1. The summed E-state index contributed by atoms with van der Waals surface area (Å²) in [5.74, 6) is 0.0193. The van der Waals surface area contributed by atoms with Crippen LogP contribution in [0.3, 0.4) is 0 Å². The molecule has 12 heteroatoms. The average molecular weight is 1470 g/mol. The Morgan fingerprint density at radius 3 is 0.692 bits per heavy atom. The number of unbranched alkanes of at least 4 members (excludes halogenated alkanes) is 48. The molecule has 0 radical (unpaired) electrons. The molecule has 0 atom stereocenters. The highest BCUT2D eigenvalue weighted by Gasteiger charge is 2.21. The van der Waals surface area contributed by atoms with E-state index < -0.39 is 0 Å². The second-order valence-corrected chi connectivity index (χ2v) is 32.6. The van der Waals surface area contributed by atoms with Crippen LogP contribution in [0.1, 0.15) is 465 Å². The summed E-state index contributed by atoms with van der Waals surface area (Å²) < 4.78 is 23.8. The van der Waals surface area contributed by atoms with Crippen LogP contribution in [0.15, 0.2) is 0 Å². The van der Waals surface area contributed by atoms with Gasteiger partial charge < -0.3 is 28.7 Å². The number of hydrogen-bond acceptors (Lipinski definition) is 12. The lowest BCUT2D eigenvalue weighted by Crippen LogP contribution is -2.50. The smallest absolute Gasteiger partial charge is 0.306 e. The Hall–Kier alpha value is -2.28. The van der Waals surface area contributed by atoms with Crippen molar-refractivity contribution in [3.05, 3.63) is 0 Å². The monoisotopic (exact) mass is 1470 g/mol. The molecule has 1 rings (SSSR count). The van der Waals surface area contributed by atoms with Gasteiger partial charge in [-0.1, -0.05) is 311 Å². The third-order valence-electron chi connectivity index (χ3n) is 22.5. The van der Waals surface area contributed by atoms with Crippen LogP contribution in [0.2, 0.25) is 0 Å². The number of ether oxygens (including phenoxy) is 4. The molecule has 1 saturated heterocycles. The Balaban J connectivity index is 2.80. The maximum absolute atomic E-state index is 13.2. The summed E-state index contributed by atoms with van der Waals surface area (Å²) in [4.78, 5) is 62.3. The van der Waals surface area contributed by atoms with E-state index in [0.717, 1.165) is 194 Å². The lowest BCUT2D eigenvalue weighted by Gasteiger charge is -2.37. The standard InChI is InChI=1S/C92H180N4O8/c1-7-13-19-25-31-33-35-43-55-69-89(97)101-85-63-49-61-75-93(73-59-47-37-45-57-71-91(99)103-87(65-51-39-27-21-15-9-3)66-52-40-28-22-16-10-4)77-79-95-81-83-96(84-82-95)80-78-94(76-62-50-64-86-102-90(98)70-56-44-36-34-32-26-20-14-8-2)74-60-48-38-46-58-72-92(100)104-88(67-53-41-29-23-17-11-5)68-54-42-30-24-18-12-6/h87-88H,7-86H2,1-6H3. The lowest BCUT2D eigenvalue weighted by molar-refractivity contribution is -0.151. The van der Waals surface area contributed by atoms with E-state index in [1.807, 2.05) is 0 Å². The molecule has 1 fully saturated rings. The molecule has 0 unspecified atom stereocenters. The van der Waals surface area contributed by atoms with Gasteiger partial charge in [0.1, 0.15) is 12.2 Å². The summed E-state index contributed by atoms with van der Waals surface area (Å²) in [6.07, 6.45) is 77.2. The van der Waals surface area contributed by atoms with Crippen molar-refractivity contribution in [2.75, 3.05) is 91.8 Å². The molecule has 1 aliphatic rings. The van der Waals surface area contributed by atoms with Crippen molar-refractivity contribution in [1.82, 2.24) is 19.6 Å². The van der Waals surface area contributed by atoms with Crippen molar-refractivity contribution in [1.29, 1.82) is 0 Å². The number of piperazine rings is 1. The van der Waals surface area contributed by atoms with Gasteiger partial charge in [0.15, 0.2) is 0 Å². The van der Waals surface area contributed by atoms with Crippen molar-refractivity contribution in [2.45, 2.75) is 478 Å². The fourth-order valence-electron chi connectivity index (χ4n) is 15.3. The van der Waals surface area contributed by atoms with Crippen molar-refractivity contribution in [3.63, 3.8) is 0 Å². The highest BCUT2D eigenvalue weighted by molar-refractivity contribution is 5.70. The van der Waals surface area contributed by atoms with E-state index in [2.05, 4.69) is 61.1 Å². The second kappa shape index (κ2) is 80.2. The molecule has 616 valence electrons. The zero-order valence-corrected chi connectivity index (χ0v) is 70.8. The highest BCUT2D eigenvalue weighted by Crippen LogP contribution is 2.22. The average Bonchev–Trinajstić information content (AvgIpc) is 0.913. The minimum atomic E-state index is -0.0168. The Bertz CT molecular complexity index is 1640. The van der Waals surface area contributed by atoms with Gasteiger partial charge in [-0.15, -0.1) is 0 Å². The molecule has 0 aromatic heterocycles. The predicted octanol–water partition coefficient (Wildman–Crippen LogP) is 26.0. The quantitative estimate of drug-likeness (QED) is 0.0328. The van der Waals surface area contributed by atoms with Crippen molar-refractivity contribution in [2.24, 2.45) is 0 Å². The zero-order chi connectivity index (χ0) is 75.2. The summed E-state index contributed by atoms with van der Waals surface area (Å²) in [7, 11) is 0. The predicted molar refractivity (Wildman–Crippen MR) is 446 cm³/mol. The lowest BCUT2D eigenvalue weighted by atomic mass is 10.0. The van der Waals surface area contributed by atoms with E-state index >= 15 is 0 Å². The van der Waals surface area contributed by atoms with Gasteiger partial charge in [-0.3, -0.25) is 29.0 Å². The molecule has 0 aliphatic carbocycles. The maximum atomic E-state index is 13.2. The summed E-state index contributed by atoms with van der Waals surface area (Å²) in [6, 6.07) is 0. The fourth-order valence-corrected chi connectivity index (χ4v) is 15.3. The van der Waals surface area contributed by atoms with Crippen LogP contribution in [-0.2, 0) is 38.1 Å². The first-order valence-electron chi connectivity index (χ1n) is 46.8. The normalized spacial score (nSPS) is 13.0. The molecule has 0 amide bonds. The van der Waals surface area contributed by atoms with Gasteiger partial charge in [0, 0.05) is 78.0 Å². The third-order valence-corrected chi connectivity index (χ3v) is 22.5. The number of carbonyl (C=O) groups is 4.